The van der Waals surface area contributed by atoms with Crippen LogP contribution >= 0.6 is 11.8 Å². The summed E-state index contributed by atoms with van der Waals surface area (Å²) >= 11 is 1.53. The molecule has 1 aromatic carbocycles. The minimum absolute atomic E-state index is 0.737. The third-order valence-corrected chi connectivity index (χ3v) is 4.22. The molecule has 0 aliphatic rings. The van der Waals surface area contributed by atoms with Crippen LogP contribution in [0.4, 0.5) is 0 Å². The first-order chi connectivity index (χ1) is 10.8. The summed E-state index contributed by atoms with van der Waals surface area (Å²) in [6.45, 7) is 2.09. The first-order valence-corrected chi connectivity index (χ1v) is 8.25. The molecule has 4 rings (SSSR count). The van der Waals surface area contributed by atoms with Gasteiger partial charge in [-0.1, -0.05) is 47.7 Å². The fraction of sp³-hybridized carbons (Fsp3) is 0.118. The SMILES string of the molecule is CSc1nc(-c2ccc(C)cc2)c2c(n1)nn1ccccc21. The van der Waals surface area contributed by atoms with Gasteiger partial charge in [0.05, 0.1) is 16.6 Å². The highest BCUT2D eigenvalue weighted by atomic mass is 32.2. The molecular formula is C17H14N4S. The molecule has 108 valence electrons. The van der Waals surface area contributed by atoms with Crippen LogP contribution in [0.5, 0.6) is 0 Å². The van der Waals surface area contributed by atoms with Gasteiger partial charge in [-0.15, -0.1) is 5.10 Å². The molecule has 0 bridgehead atoms. The van der Waals surface area contributed by atoms with Crippen LogP contribution in [-0.2, 0) is 0 Å². The number of nitrogens with zero attached hydrogens (tertiary/aromatic N) is 4. The number of fused-ring (bicyclic) bond motifs is 3. The Kier molecular flexibility index (Phi) is 3.08. The van der Waals surface area contributed by atoms with Crippen LogP contribution in [0.3, 0.4) is 0 Å². The van der Waals surface area contributed by atoms with Gasteiger partial charge in [-0.2, -0.15) is 0 Å². The Balaban J connectivity index is 2.12. The van der Waals surface area contributed by atoms with Crippen molar-refractivity contribution in [2.75, 3.05) is 6.26 Å². The number of benzene rings is 1. The molecule has 0 unspecified atom stereocenters. The average molecular weight is 306 g/mol. The predicted octanol–water partition coefficient (Wildman–Crippen LogP) is 3.97. The first-order valence-electron chi connectivity index (χ1n) is 7.02. The van der Waals surface area contributed by atoms with Gasteiger partial charge in [0.1, 0.15) is 0 Å². The second-order valence-corrected chi connectivity index (χ2v) is 5.93. The summed E-state index contributed by atoms with van der Waals surface area (Å²) in [7, 11) is 0. The van der Waals surface area contributed by atoms with E-state index < -0.39 is 0 Å². The van der Waals surface area contributed by atoms with Crippen molar-refractivity contribution in [2.24, 2.45) is 0 Å². The fourth-order valence-corrected chi connectivity index (χ4v) is 2.93. The number of aromatic nitrogens is 4. The maximum Gasteiger partial charge on any atom is 0.190 e. The summed E-state index contributed by atoms with van der Waals surface area (Å²) in [6, 6.07) is 14.4. The van der Waals surface area contributed by atoms with Crippen LogP contribution in [-0.4, -0.2) is 25.8 Å². The van der Waals surface area contributed by atoms with Gasteiger partial charge in [0, 0.05) is 11.8 Å². The van der Waals surface area contributed by atoms with Gasteiger partial charge in [0.25, 0.3) is 0 Å². The standard InChI is InChI=1S/C17H14N4S/c1-11-6-8-12(9-7-11)15-14-13-5-3-4-10-21(13)20-16(14)19-17(18-15)22-2/h3-10H,1-2H3. The molecule has 0 saturated carbocycles. The van der Waals surface area contributed by atoms with Gasteiger partial charge in [-0.25, -0.2) is 14.5 Å². The van der Waals surface area contributed by atoms with Gasteiger partial charge in [0.2, 0.25) is 0 Å². The van der Waals surface area contributed by atoms with Gasteiger partial charge in [0.15, 0.2) is 10.8 Å². The Hall–Kier alpha value is -2.40. The summed E-state index contributed by atoms with van der Waals surface area (Å²) in [5, 5.41) is 6.32. The number of hydrogen-bond donors (Lipinski definition) is 0. The summed E-state index contributed by atoms with van der Waals surface area (Å²) in [4.78, 5) is 9.29. The summed E-state index contributed by atoms with van der Waals surface area (Å²) < 4.78 is 1.86. The Morgan fingerprint density at radius 3 is 2.59 bits per heavy atom. The zero-order chi connectivity index (χ0) is 15.1. The van der Waals surface area contributed by atoms with Crippen molar-refractivity contribution in [1.82, 2.24) is 19.6 Å². The van der Waals surface area contributed by atoms with Crippen LogP contribution in [0.25, 0.3) is 27.8 Å². The molecule has 0 fully saturated rings. The summed E-state index contributed by atoms with van der Waals surface area (Å²) in [6.07, 6.45) is 3.92. The number of rotatable bonds is 2. The Bertz CT molecular complexity index is 973. The van der Waals surface area contributed by atoms with Crippen molar-refractivity contribution in [3.8, 4) is 11.3 Å². The molecule has 0 N–H and O–H groups in total. The molecule has 0 amide bonds. The van der Waals surface area contributed by atoms with Crippen molar-refractivity contribution in [3.63, 3.8) is 0 Å². The normalized spacial score (nSPS) is 11.4. The Morgan fingerprint density at radius 1 is 1.00 bits per heavy atom. The van der Waals surface area contributed by atoms with Gasteiger partial charge < -0.3 is 0 Å². The number of pyridine rings is 1. The lowest BCUT2D eigenvalue weighted by atomic mass is 10.1. The molecule has 3 heterocycles. The van der Waals surface area contributed by atoms with E-state index in [1.807, 2.05) is 29.1 Å². The monoisotopic (exact) mass is 306 g/mol. The van der Waals surface area contributed by atoms with E-state index in [-0.39, 0.29) is 0 Å². The van der Waals surface area contributed by atoms with Crippen molar-refractivity contribution < 1.29 is 0 Å². The summed E-state index contributed by atoms with van der Waals surface area (Å²) in [5.74, 6) is 0. The first kappa shape index (κ1) is 13.3. The smallest absolute Gasteiger partial charge is 0.190 e. The molecular weight excluding hydrogens is 292 g/mol. The molecule has 5 heteroatoms. The average Bonchev–Trinajstić information content (AvgIpc) is 2.93. The topological polar surface area (TPSA) is 43.1 Å². The van der Waals surface area contributed by atoms with Crippen molar-refractivity contribution in [3.05, 3.63) is 54.2 Å². The molecule has 3 aromatic heterocycles. The van der Waals surface area contributed by atoms with E-state index in [0.29, 0.717) is 0 Å². The van der Waals surface area contributed by atoms with E-state index in [1.165, 1.54) is 17.3 Å². The van der Waals surface area contributed by atoms with E-state index in [9.17, 15) is 0 Å². The van der Waals surface area contributed by atoms with E-state index in [0.717, 1.165) is 33.0 Å². The minimum Gasteiger partial charge on any atom is -0.238 e. The molecule has 0 aliphatic heterocycles. The van der Waals surface area contributed by atoms with Crippen molar-refractivity contribution in [2.45, 2.75) is 12.1 Å². The van der Waals surface area contributed by atoms with Gasteiger partial charge in [-0.05, 0) is 25.3 Å². The number of hydrogen-bond acceptors (Lipinski definition) is 4. The second kappa shape index (κ2) is 5.10. The van der Waals surface area contributed by atoms with E-state index >= 15 is 0 Å². The van der Waals surface area contributed by atoms with Gasteiger partial charge >= 0.3 is 0 Å². The van der Waals surface area contributed by atoms with Crippen LogP contribution in [0, 0.1) is 6.92 Å². The van der Waals surface area contributed by atoms with Crippen LogP contribution in [0.15, 0.2) is 53.8 Å². The molecule has 0 spiro atoms. The lowest BCUT2D eigenvalue weighted by Gasteiger charge is -2.05. The van der Waals surface area contributed by atoms with E-state index in [2.05, 4.69) is 47.3 Å². The number of aryl methyl sites for hydroxylation is 1. The fourth-order valence-electron chi connectivity index (χ4n) is 2.57. The van der Waals surface area contributed by atoms with E-state index in [4.69, 9.17) is 4.98 Å². The lowest BCUT2D eigenvalue weighted by Crippen LogP contribution is -1.92. The zero-order valence-electron chi connectivity index (χ0n) is 12.3. The molecule has 22 heavy (non-hydrogen) atoms. The largest absolute Gasteiger partial charge is 0.238 e. The quantitative estimate of drug-likeness (QED) is 0.415. The lowest BCUT2D eigenvalue weighted by molar-refractivity contribution is 0.942. The molecule has 4 nitrogen and oxygen atoms in total. The summed E-state index contributed by atoms with van der Waals surface area (Å²) in [5.41, 5.74) is 5.03. The van der Waals surface area contributed by atoms with Crippen LogP contribution in [0.2, 0.25) is 0 Å². The third-order valence-electron chi connectivity index (χ3n) is 3.67. The highest BCUT2D eigenvalue weighted by Gasteiger charge is 2.15. The van der Waals surface area contributed by atoms with Crippen LogP contribution in [0.1, 0.15) is 5.56 Å². The van der Waals surface area contributed by atoms with E-state index in [1.54, 1.807) is 0 Å². The van der Waals surface area contributed by atoms with Crippen molar-refractivity contribution >= 4 is 28.3 Å². The maximum absolute atomic E-state index is 4.74. The van der Waals surface area contributed by atoms with Gasteiger partial charge in [-0.3, -0.25) is 0 Å². The predicted molar refractivity (Wildman–Crippen MR) is 90.2 cm³/mol. The minimum atomic E-state index is 0.737. The maximum atomic E-state index is 4.74. The number of thioether (sulfide) groups is 1. The van der Waals surface area contributed by atoms with Crippen LogP contribution < -0.4 is 0 Å². The molecule has 0 saturated heterocycles. The third kappa shape index (κ3) is 2.05. The second-order valence-electron chi connectivity index (χ2n) is 5.15. The highest BCUT2D eigenvalue weighted by molar-refractivity contribution is 7.98. The zero-order valence-corrected chi connectivity index (χ0v) is 13.1. The molecule has 0 atom stereocenters. The van der Waals surface area contributed by atoms with Crippen molar-refractivity contribution in [1.29, 1.82) is 0 Å². The highest BCUT2D eigenvalue weighted by Crippen LogP contribution is 2.31. The molecule has 0 radical (unpaired) electrons. The Morgan fingerprint density at radius 2 is 1.82 bits per heavy atom. The molecule has 4 aromatic rings. The molecule has 0 aliphatic carbocycles. The Labute approximate surface area is 132 Å².